The molecule has 2 aromatic carbocycles. The van der Waals surface area contributed by atoms with Crippen LogP contribution in [0, 0.1) is 13.8 Å². The van der Waals surface area contributed by atoms with Gasteiger partial charge in [-0.3, -0.25) is 4.72 Å². The second-order valence-electron chi connectivity index (χ2n) is 6.48. The summed E-state index contributed by atoms with van der Waals surface area (Å²) < 4.78 is 38.1. The lowest BCUT2D eigenvalue weighted by molar-refractivity contribution is 0.174. The van der Waals surface area contributed by atoms with E-state index in [1.165, 1.54) is 23.3 Å². The Morgan fingerprint density at radius 1 is 0.893 bits per heavy atom. The van der Waals surface area contributed by atoms with Crippen LogP contribution in [0.15, 0.2) is 59.6 Å². The molecule has 2 heterocycles. The van der Waals surface area contributed by atoms with Gasteiger partial charge in [-0.05, 0) is 61.4 Å². The Bertz CT molecular complexity index is 1130. The zero-order chi connectivity index (χ0) is 19.7. The van der Waals surface area contributed by atoms with Crippen molar-refractivity contribution in [1.82, 2.24) is 4.98 Å². The van der Waals surface area contributed by atoms with E-state index < -0.39 is 10.0 Å². The molecular formula is C20H19N3O4S. The number of anilines is 3. The summed E-state index contributed by atoms with van der Waals surface area (Å²) in [5, 5.41) is 3.25. The molecule has 0 bridgehead atoms. The van der Waals surface area contributed by atoms with Crippen molar-refractivity contribution < 1.29 is 17.9 Å². The highest BCUT2D eigenvalue weighted by Gasteiger charge is 2.20. The molecule has 0 fully saturated rings. The molecule has 7 nitrogen and oxygen atoms in total. The van der Waals surface area contributed by atoms with Gasteiger partial charge in [0.15, 0.2) is 11.5 Å². The Hall–Kier alpha value is -3.26. The molecule has 0 spiro atoms. The van der Waals surface area contributed by atoms with Gasteiger partial charge in [0.1, 0.15) is 5.82 Å². The molecule has 144 valence electrons. The van der Waals surface area contributed by atoms with Crippen molar-refractivity contribution in [3.05, 3.63) is 65.9 Å². The maximum Gasteiger partial charge on any atom is 0.263 e. The largest absolute Gasteiger partial charge is 0.454 e. The molecule has 2 N–H and O–H groups in total. The molecule has 0 saturated carbocycles. The maximum atomic E-state index is 12.6. The van der Waals surface area contributed by atoms with E-state index in [0.29, 0.717) is 11.5 Å². The minimum Gasteiger partial charge on any atom is -0.454 e. The summed E-state index contributed by atoms with van der Waals surface area (Å²) in [6.07, 6.45) is 1.58. The van der Waals surface area contributed by atoms with Gasteiger partial charge in [0.25, 0.3) is 10.0 Å². The first-order chi connectivity index (χ1) is 13.4. The molecule has 1 aromatic heterocycles. The van der Waals surface area contributed by atoms with Crippen LogP contribution in [0.2, 0.25) is 0 Å². The fourth-order valence-electron chi connectivity index (χ4n) is 2.75. The van der Waals surface area contributed by atoms with Crippen LogP contribution < -0.4 is 19.5 Å². The molecule has 0 unspecified atom stereocenters. The number of rotatable bonds is 5. The van der Waals surface area contributed by atoms with Gasteiger partial charge in [0.2, 0.25) is 6.79 Å². The third-order valence-corrected chi connectivity index (χ3v) is 5.80. The quantitative estimate of drug-likeness (QED) is 0.677. The molecule has 0 saturated heterocycles. The van der Waals surface area contributed by atoms with Crippen molar-refractivity contribution in [2.45, 2.75) is 18.7 Å². The number of nitrogens with one attached hydrogen (secondary N) is 2. The topological polar surface area (TPSA) is 89.5 Å². The molecule has 1 aliphatic rings. The third-order valence-electron chi connectivity index (χ3n) is 4.45. The summed E-state index contributed by atoms with van der Waals surface area (Å²) in [7, 11) is -3.79. The highest BCUT2D eigenvalue weighted by molar-refractivity contribution is 7.92. The van der Waals surface area contributed by atoms with Crippen molar-refractivity contribution in [3.63, 3.8) is 0 Å². The van der Waals surface area contributed by atoms with Crippen LogP contribution in [0.1, 0.15) is 11.1 Å². The van der Waals surface area contributed by atoms with Gasteiger partial charge in [-0.15, -0.1) is 0 Å². The van der Waals surface area contributed by atoms with Crippen molar-refractivity contribution >= 4 is 27.2 Å². The highest BCUT2D eigenvalue weighted by atomic mass is 32.2. The van der Waals surface area contributed by atoms with E-state index in [9.17, 15) is 8.42 Å². The number of nitrogens with zero attached hydrogens (tertiary/aromatic N) is 1. The van der Waals surface area contributed by atoms with Gasteiger partial charge >= 0.3 is 0 Å². The van der Waals surface area contributed by atoms with E-state index in [2.05, 4.69) is 21.9 Å². The number of sulfonamides is 1. The first-order valence-electron chi connectivity index (χ1n) is 8.63. The Morgan fingerprint density at radius 3 is 2.43 bits per heavy atom. The fourth-order valence-corrected chi connectivity index (χ4v) is 3.78. The summed E-state index contributed by atoms with van der Waals surface area (Å²) >= 11 is 0. The van der Waals surface area contributed by atoms with Gasteiger partial charge in [0.05, 0.1) is 16.8 Å². The second kappa shape index (κ2) is 7.05. The Morgan fingerprint density at radius 2 is 1.68 bits per heavy atom. The maximum absolute atomic E-state index is 12.6. The SMILES string of the molecule is Cc1ccc(Nc2ccc(NS(=O)(=O)c3ccc4c(c3)OCO4)nc2)cc1C. The van der Waals surface area contributed by atoms with E-state index >= 15 is 0 Å². The first-order valence-corrected chi connectivity index (χ1v) is 10.1. The summed E-state index contributed by atoms with van der Waals surface area (Å²) in [6, 6.07) is 13.9. The van der Waals surface area contributed by atoms with E-state index in [-0.39, 0.29) is 17.5 Å². The van der Waals surface area contributed by atoms with Crippen molar-refractivity contribution in [2.75, 3.05) is 16.8 Å². The van der Waals surface area contributed by atoms with Gasteiger partial charge in [0, 0.05) is 11.8 Å². The summed E-state index contributed by atoms with van der Waals surface area (Å²) in [5.74, 6) is 1.16. The number of hydrogen-bond acceptors (Lipinski definition) is 6. The van der Waals surface area contributed by atoms with E-state index in [4.69, 9.17) is 9.47 Å². The molecule has 4 rings (SSSR count). The summed E-state index contributed by atoms with van der Waals surface area (Å²) in [6.45, 7) is 4.19. The van der Waals surface area contributed by atoms with Crippen LogP contribution in [0.4, 0.5) is 17.2 Å². The van der Waals surface area contributed by atoms with Crippen LogP contribution in [0.3, 0.4) is 0 Å². The number of hydrogen-bond donors (Lipinski definition) is 2. The first kappa shape index (κ1) is 18.1. The molecule has 28 heavy (non-hydrogen) atoms. The summed E-state index contributed by atoms with van der Waals surface area (Å²) in [4.78, 5) is 4.27. The number of fused-ring (bicyclic) bond motifs is 1. The number of pyridine rings is 1. The van der Waals surface area contributed by atoms with Crippen molar-refractivity contribution in [3.8, 4) is 11.5 Å². The lowest BCUT2D eigenvalue weighted by atomic mass is 10.1. The molecule has 0 atom stereocenters. The van der Waals surface area contributed by atoms with Crippen molar-refractivity contribution in [1.29, 1.82) is 0 Å². The monoisotopic (exact) mass is 397 g/mol. The number of ether oxygens (including phenoxy) is 2. The van der Waals surface area contributed by atoms with Crippen LogP contribution in [0.5, 0.6) is 11.5 Å². The zero-order valence-corrected chi connectivity index (χ0v) is 16.2. The van der Waals surface area contributed by atoms with Gasteiger partial charge in [-0.1, -0.05) is 6.07 Å². The molecule has 0 amide bonds. The van der Waals surface area contributed by atoms with Crippen LogP contribution >= 0.6 is 0 Å². The lowest BCUT2D eigenvalue weighted by Gasteiger charge is -2.10. The Kier molecular flexibility index (Phi) is 4.56. The molecule has 3 aromatic rings. The number of aromatic nitrogens is 1. The smallest absolute Gasteiger partial charge is 0.263 e. The van der Waals surface area contributed by atoms with E-state index in [0.717, 1.165) is 11.4 Å². The highest BCUT2D eigenvalue weighted by Crippen LogP contribution is 2.34. The summed E-state index contributed by atoms with van der Waals surface area (Å²) in [5.41, 5.74) is 4.11. The molecular weight excluding hydrogens is 378 g/mol. The number of benzene rings is 2. The average Bonchev–Trinajstić information content (AvgIpc) is 3.14. The second-order valence-corrected chi connectivity index (χ2v) is 8.16. The Labute approximate surface area is 163 Å². The third kappa shape index (κ3) is 3.72. The fraction of sp³-hybridized carbons (Fsp3) is 0.150. The van der Waals surface area contributed by atoms with Gasteiger partial charge in [-0.25, -0.2) is 13.4 Å². The van der Waals surface area contributed by atoms with Crippen LogP contribution in [-0.4, -0.2) is 20.2 Å². The predicted molar refractivity (Wildman–Crippen MR) is 107 cm³/mol. The lowest BCUT2D eigenvalue weighted by Crippen LogP contribution is -2.13. The molecule has 0 radical (unpaired) electrons. The van der Waals surface area contributed by atoms with Crippen LogP contribution in [-0.2, 0) is 10.0 Å². The van der Waals surface area contributed by atoms with E-state index in [1.54, 1.807) is 24.4 Å². The zero-order valence-electron chi connectivity index (χ0n) is 15.4. The minimum absolute atomic E-state index is 0.0795. The standard InChI is InChI=1S/C20H19N3O4S/c1-13-3-4-15(9-14(13)2)22-16-5-8-20(21-11-16)23-28(24,25)17-6-7-18-19(10-17)27-12-26-18/h3-11,22H,12H2,1-2H3,(H,21,23). The molecule has 8 heteroatoms. The van der Waals surface area contributed by atoms with Crippen LogP contribution in [0.25, 0.3) is 0 Å². The predicted octanol–water partition coefficient (Wildman–Crippen LogP) is 3.97. The van der Waals surface area contributed by atoms with E-state index in [1.807, 2.05) is 25.1 Å². The normalized spacial score (nSPS) is 12.6. The van der Waals surface area contributed by atoms with Gasteiger partial charge in [-0.2, -0.15) is 0 Å². The average molecular weight is 397 g/mol. The van der Waals surface area contributed by atoms with Crippen molar-refractivity contribution in [2.24, 2.45) is 0 Å². The van der Waals surface area contributed by atoms with Gasteiger partial charge < -0.3 is 14.8 Å². The minimum atomic E-state index is -3.79. The molecule has 0 aliphatic carbocycles. The Balaban J connectivity index is 1.48. The number of aryl methyl sites for hydroxylation is 2. The molecule has 1 aliphatic heterocycles.